The molecule has 1 N–H and O–H groups in total. The highest BCUT2D eigenvalue weighted by atomic mass is 35.5. The summed E-state index contributed by atoms with van der Waals surface area (Å²) in [5.41, 5.74) is 1.11. The summed E-state index contributed by atoms with van der Waals surface area (Å²) >= 11 is 0. The molecule has 0 saturated carbocycles. The SMILES string of the molecule is CN(C(=O)c1ccco1)c1ccccc1C(=O)N1CCNCC1.Cl. The molecule has 0 bridgehead atoms. The van der Waals surface area contributed by atoms with Crippen molar-refractivity contribution in [2.75, 3.05) is 38.1 Å². The van der Waals surface area contributed by atoms with Gasteiger partial charge < -0.3 is 19.5 Å². The molecule has 1 aliphatic rings. The van der Waals surface area contributed by atoms with E-state index in [0.29, 0.717) is 24.3 Å². The van der Waals surface area contributed by atoms with Gasteiger partial charge in [0.15, 0.2) is 5.76 Å². The number of para-hydroxylation sites is 1. The van der Waals surface area contributed by atoms with E-state index >= 15 is 0 Å². The first-order valence-corrected chi connectivity index (χ1v) is 7.59. The second-order valence-electron chi connectivity index (χ2n) is 5.40. The molecule has 1 fully saturated rings. The fourth-order valence-electron chi connectivity index (χ4n) is 2.66. The van der Waals surface area contributed by atoms with Gasteiger partial charge in [-0.2, -0.15) is 0 Å². The first-order chi connectivity index (χ1) is 11.2. The number of anilines is 1. The zero-order valence-corrected chi connectivity index (χ0v) is 14.2. The summed E-state index contributed by atoms with van der Waals surface area (Å²) in [6, 6.07) is 10.4. The molecule has 0 atom stereocenters. The van der Waals surface area contributed by atoms with E-state index < -0.39 is 0 Å². The lowest BCUT2D eigenvalue weighted by atomic mass is 10.1. The van der Waals surface area contributed by atoms with Crippen LogP contribution in [0.3, 0.4) is 0 Å². The quantitative estimate of drug-likeness (QED) is 0.920. The number of carbonyl (C=O) groups is 2. The minimum absolute atomic E-state index is 0. The molecule has 0 unspecified atom stereocenters. The van der Waals surface area contributed by atoms with Crippen LogP contribution in [-0.4, -0.2) is 49.9 Å². The van der Waals surface area contributed by atoms with Crippen LogP contribution in [0.1, 0.15) is 20.9 Å². The molecule has 128 valence electrons. The fraction of sp³-hybridized carbons (Fsp3) is 0.294. The van der Waals surface area contributed by atoms with E-state index in [0.717, 1.165) is 13.1 Å². The van der Waals surface area contributed by atoms with Crippen molar-refractivity contribution in [3.8, 4) is 0 Å². The fourth-order valence-corrected chi connectivity index (χ4v) is 2.66. The van der Waals surface area contributed by atoms with Crippen LogP contribution in [0.4, 0.5) is 5.69 Å². The molecule has 1 aliphatic heterocycles. The summed E-state index contributed by atoms with van der Waals surface area (Å²) in [6.07, 6.45) is 1.46. The van der Waals surface area contributed by atoms with Gasteiger partial charge in [-0.05, 0) is 24.3 Å². The van der Waals surface area contributed by atoms with Crippen molar-refractivity contribution in [2.45, 2.75) is 0 Å². The number of amides is 2. The number of rotatable bonds is 3. The van der Waals surface area contributed by atoms with Gasteiger partial charge in [-0.3, -0.25) is 9.59 Å². The van der Waals surface area contributed by atoms with Crippen LogP contribution in [0.15, 0.2) is 47.1 Å². The number of carbonyl (C=O) groups excluding carboxylic acids is 2. The second kappa shape index (κ2) is 7.99. The molecule has 7 heteroatoms. The summed E-state index contributed by atoms with van der Waals surface area (Å²) < 4.78 is 5.16. The highest BCUT2D eigenvalue weighted by Crippen LogP contribution is 2.23. The van der Waals surface area contributed by atoms with Gasteiger partial charge >= 0.3 is 0 Å². The number of furan rings is 1. The van der Waals surface area contributed by atoms with E-state index in [1.807, 2.05) is 12.1 Å². The van der Waals surface area contributed by atoms with Gasteiger partial charge in [-0.1, -0.05) is 12.1 Å². The van der Waals surface area contributed by atoms with E-state index in [-0.39, 0.29) is 30.0 Å². The maximum absolute atomic E-state index is 12.8. The highest BCUT2D eigenvalue weighted by Gasteiger charge is 2.24. The molecule has 1 aromatic carbocycles. The summed E-state index contributed by atoms with van der Waals surface area (Å²) in [6.45, 7) is 2.91. The Morgan fingerprint density at radius 2 is 1.83 bits per heavy atom. The van der Waals surface area contributed by atoms with E-state index in [2.05, 4.69) is 5.32 Å². The lowest BCUT2D eigenvalue weighted by molar-refractivity contribution is 0.0736. The molecule has 0 radical (unpaired) electrons. The van der Waals surface area contributed by atoms with Gasteiger partial charge in [-0.15, -0.1) is 12.4 Å². The normalized spacial score (nSPS) is 14.0. The molecule has 24 heavy (non-hydrogen) atoms. The number of nitrogens with zero attached hydrogens (tertiary/aromatic N) is 2. The standard InChI is InChI=1S/C17H19N3O3.ClH/c1-19(17(22)15-7-4-12-23-15)14-6-3-2-5-13(14)16(21)20-10-8-18-9-11-20;/h2-7,12,18H,8-11H2,1H3;1H. The molecule has 2 amide bonds. The smallest absolute Gasteiger partial charge is 0.293 e. The average Bonchev–Trinajstić information content (AvgIpc) is 3.15. The molecule has 0 spiro atoms. The third-order valence-corrected chi connectivity index (χ3v) is 3.94. The van der Waals surface area contributed by atoms with Gasteiger partial charge in [-0.25, -0.2) is 0 Å². The predicted octanol–water partition coefficient (Wildman–Crippen LogP) is 2.02. The van der Waals surface area contributed by atoms with Crippen LogP contribution in [0, 0.1) is 0 Å². The van der Waals surface area contributed by atoms with E-state index in [1.165, 1.54) is 11.2 Å². The van der Waals surface area contributed by atoms with E-state index in [9.17, 15) is 9.59 Å². The van der Waals surface area contributed by atoms with Crippen LogP contribution in [0.5, 0.6) is 0 Å². The predicted molar refractivity (Wildman–Crippen MR) is 93.9 cm³/mol. The van der Waals surface area contributed by atoms with Crippen LogP contribution >= 0.6 is 12.4 Å². The van der Waals surface area contributed by atoms with Crippen molar-refractivity contribution < 1.29 is 14.0 Å². The minimum atomic E-state index is -0.282. The van der Waals surface area contributed by atoms with Crippen molar-refractivity contribution in [3.63, 3.8) is 0 Å². The third kappa shape index (κ3) is 3.60. The van der Waals surface area contributed by atoms with Gasteiger partial charge in [0.25, 0.3) is 11.8 Å². The number of halogens is 1. The maximum Gasteiger partial charge on any atom is 0.293 e. The zero-order valence-electron chi connectivity index (χ0n) is 13.4. The summed E-state index contributed by atoms with van der Waals surface area (Å²) in [5.74, 6) is -0.0892. The molecule has 2 heterocycles. The Hall–Kier alpha value is -2.31. The van der Waals surface area contributed by atoms with Gasteiger partial charge in [0.05, 0.1) is 17.5 Å². The van der Waals surface area contributed by atoms with Gasteiger partial charge in [0.1, 0.15) is 0 Å². The molecule has 0 aliphatic carbocycles. The van der Waals surface area contributed by atoms with E-state index in [4.69, 9.17) is 4.42 Å². The van der Waals surface area contributed by atoms with E-state index in [1.54, 1.807) is 36.2 Å². The molecule has 3 rings (SSSR count). The van der Waals surface area contributed by atoms with Crippen molar-refractivity contribution in [3.05, 3.63) is 54.0 Å². The Morgan fingerprint density at radius 1 is 1.12 bits per heavy atom. The summed E-state index contributed by atoms with van der Waals surface area (Å²) in [7, 11) is 1.65. The third-order valence-electron chi connectivity index (χ3n) is 3.94. The van der Waals surface area contributed by atoms with Gasteiger partial charge in [0, 0.05) is 33.2 Å². The molecular weight excluding hydrogens is 330 g/mol. The highest BCUT2D eigenvalue weighted by molar-refractivity contribution is 6.09. The molecule has 1 aromatic heterocycles. The second-order valence-corrected chi connectivity index (χ2v) is 5.40. The summed E-state index contributed by atoms with van der Waals surface area (Å²) in [5, 5.41) is 3.22. The summed E-state index contributed by atoms with van der Waals surface area (Å²) in [4.78, 5) is 28.5. The number of benzene rings is 1. The Morgan fingerprint density at radius 3 is 2.50 bits per heavy atom. The first-order valence-electron chi connectivity index (χ1n) is 7.59. The Labute approximate surface area is 146 Å². The van der Waals surface area contributed by atoms with Crippen molar-refractivity contribution in [2.24, 2.45) is 0 Å². The Balaban J connectivity index is 0.00000208. The molecule has 1 saturated heterocycles. The molecular formula is C17H20ClN3O3. The first kappa shape index (κ1) is 18.0. The van der Waals surface area contributed by atoms with Crippen molar-refractivity contribution in [1.29, 1.82) is 0 Å². The lowest BCUT2D eigenvalue weighted by Crippen LogP contribution is -2.46. The van der Waals surface area contributed by atoms with Crippen LogP contribution in [0.2, 0.25) is 0 Å². The van der Waals surface area contributed by atoms with Gasteiger partial charge in [0.2, 0.25) is 0 Å². The Bertz CT molecular complexity index is 697. The maximum atomic E-state index is 12.8. The van der Waals surface area contributed by atoms with Crippen molar-refractivity contribution >= 4 is 29.9 Å². The van der Waals surface area contributed by atoms with Crippen LogP contribution in [0.25, 0.3) is 0 Å². The number of hydrogen-bond donors (Lipinski definition) is 1. The minimum Gasteiger partial charge on any atom is -0.459 e. The zero-order chi connectivity index (χ0) is 16.2. The average molecular weight is 350 g/mol. The molecule has 6 nitrogen and oxygen atoms in total. The number of hydrogen-bond acceptors (Lipinski definition) is 4. The Kier molecular flexibility index (Phi) is 6.00. The van der Waals surface area contributed by atoms with Crippen molar-refractivity contribution in [1.82, 2.24) is 10.2 Å². The molecule has 2 aromatic rings. The van der Waals surface area contributed by atoms with Crippen LogP contribution in [-0.2, 0) is 0 Å². The number of nitrogens with one attached hydrogen (secondary N) is 1. The number of piperazine rings is 1. The monoisotopic (exact) mass is 349 g/mol. The largest absolute Gasteiger partial charge is 0.459 e. The van der Waals surface area contributed by atoms with Crippen LogP contribution < -0.4 is 10.2 Å². The topological polar surface area (TPSA) is 65.8 Å². The lowest BCUT2D eigenvalue weighted by Gasteiger charge is -2.29.